The van der Waals surface area contributed by atoms with Crippen LogP contribution < -0.4 is 4.31 Å². The molecule has 1 unspecified atom stereocenters. The number of carbonyl (C=O) groups is 1. The van der Waals surface area contributed by atoms with Crippen molar-refractivity contribution < 1.29 is 31.8 Å². The zero-order valence-corrected chi connectivity index (χ0v) is 12.8. The van der Waals surface area contributed by atoms with E-state index >= 15 is 0 Å². The number of nitriles is 1. The maximum Gasteiger partial charge on any atom is 0.446 e. The van der Waals surface area contributed by atoms with Gasteiger partial charge in [-0.15, -0.1) is 0 Å². The van der Waals surface area contributed by atoms with Crippen molar-refractivity contribution in [2.45, 2.75) is 28.8 Å². The number of alkyl halides is 3. The Morgan fingerprint density at radius 1 is 1.48 bits per heavy atom. The lowest BCUT2D eigenvalue weighted by molar-refractivity contribution is -0.0328. The molecule has 0 bridgehead atoms. The number of nitrogens with zero attached hydrogens (tertiary/aromatic N) is 2. The van der Waals surface area contributed by atoms with E-state index in [2.05, 4.69) is 0 Å². The predicted octanol–water partition coefficient (Wildman–Crippen LogP) is 2.65. The predicted molar refractivity (Wildman–Crippen MR) is 74.3 cm³/mol. The monoisotopic (exact) mass is 365 g/mol. The van der Waals surface area contributed by atoms with Gasteiger partial charge in [-0.2, -0.15) is 18.4 Å². The zero-order chi connectivity index (χ0) is 17.4. The molecule has 1 aliphatic carbocycles. The number of thioether (sulfide) groups is 1. The maximum atomic E-state index is 12.5. The average molecular weight is 365 g/mol. The van der Waals surface area contributed by atoms with E-state index in [0.29, 0.717) is 4.31 Å². The highest BCUT2D eigenvalue weighted by atomic mass is 32.2. The molecule has 0 spiro atoms. The molecule has 0 saturated heterocycles. The van der Waals surface area contributed by atoms with E-state index in [1.165, 1.54) is 0 Å². The highest BCUT2D eigenvalue weighted by Crippen LogP contribution is 2.47. The SMILES string of the molecule is N#CC1(N(c2cc(SC(F)(F)F)ccc2C(=O)O)S(=O)[O-])CC1. The first-order valence-corrected chi connectivity index (χ1v) is 7.88. The quantitative estimate of drug-likeness (QED) is 0.635. The molecule has 0 heterocycles. The molecule has 23 heavy (non-hydrogen) atoms. The van der Waals surface area contributed by atoms with Crippen LogP contribution in [0.15, 0.2) is 23.1 Å². The van der Waals surface area contributed by atoms with E-state index in [4.69, 9.17) is 10.4 Å². The van der Waals surface area contributed by atoms with Crippen molar-refractivity contribution in [1.29, 1.82) is 5.26 Å². The lowest BCUT2D eigenvalue weighted by atomic mass is 10.1. The fraction of sp³-hybridized carbons (Fsp3) is 0.333. The summed E-state index contributed by atoms with van der Waals surface area (Å²) in [5.41, 5.74) is -7.02. The number of aromatic carboxylic acids is 1. The summed E-state index contributed by atoms with van der Waals surface area (Å²) >= 11 is -3.51. The summed E-state index contributed by atoms with van der Waals surface area (Å²) in [5.74, 6) is -1.51. The number of hydrogen-bond donors (Lipinski definition) is 1. The van der Waals surface area contributed by atoms with Gasteiger partial charge in [0, 0.05) is 16.2 Å². The molecule has 1 aliphatic rings. The second-order valence-electron chi connectivity index (χ2n) is 4.69. The maximum absolute atomic E-state index is 12.5. The first kappa shape index (κ1) is 17.6. The van der Waals surface area contributed by atoms with Crippen LogP contribution in [0.1, 0.15) is 23.2 Å². The number of rotatable bonds is 5. The number of carboxylic acids is 1. The van der Waals surface area contributed by atoms with Crippen LogP contribution in [0.4, 0.5) is 18.9 Å². The molecule has 1 saturated carbocycles. The summed E-state index contributed by atoms with van der Waals surface area (Å²) < 4.78 is 60.9. The fourth-order valence-electron chi connectivity index (χ4n) is 1.99. The first-order valence-electron chi connectivity index (χ1n) is 6.03. The number of halogens is 3. The summed E-state index contributed by atoms with van der Waals surface area (Å²) in [6.45, 7) is 0. The van der Waals surface area contributed by atoms with Crippen molar-refractivity contribution >= 4 is 34.7 Å². The normalized spacial score (nSPS) is 17.2. The zero-order valence-electron chi connectivity index (χ0n) is 11.2. The van der Waals surface area contributed by atoms with Crippen LogP contribution in [0.2, 0.25) is 0 Å². The van der Waals surface area contributed by atoms with E-state index in [1.807, 2.05) is 0 Å². The Morgan fingerprint density at radius 3 is 2.48 bits per heavy atom. The summed E-state index contributed by atoms with van der Waals surface area (Å²) in [6, 6.07) is 4.41. The Balaban J connectivity index is 2.57. The molecule has 0 aromatic heterocycles. The van der Waals surface area contributed by atoms with E-state index in [-0.39, 0.29) is 17.7 Å². The standard InChI is InChI=1S/C12H9F3N2O4S2/c13-12(14,15)22-7-1-2-8(10(18)19)9(5-7)17(23(20)21)11(6-16)3-4-11/h1-2,5H,3-4H2,(H,18,19)(H,20,21)/p-1. The minimum Gasteiger partial charge on any atom is -0.755 e. The summed E-state index contributed by atoms with van der Waals surface area (Å²) in [4.78, 5) is 10.9. The Labute approximate surface area is 135 Å². The molecule has 2 rings (SSSR count). The van der Waals surface area contributed by atoms with Crippen molar-refractivity contribution in [3.63, 3.8) is 0 Å². The molecule has 6 nitrogen and oxygen atoms in total. The van der Waals surface area contributed by atoms with Crippen molar-refractivity contribution in [2.75, 3.05) is 4.31 Å². The van der Waals surface area contributed by atoms with E-state index < -0.39 is 51.3 Å². The van der Waals surface area contributed by atoms with Gasteiger partial charge in [-0.1, -0.05) is 0 Å². The molecule has 1 aromatic carbocycles. The van der Waals surface area contributed by atoms with E-state index in [0.717, 1.165) is 18.2 Å². The number of anilines is 1. The van der Waals surface area contributed by atoms with Crippen LogP contribution in [0.3, 0.4) is 0 Å². The third-order valence-electron chi connectivity index (χ3n) is 3.12. The van der Waals surface area contributed by atoms with Crippen LogP contribution in [0, 0.1) is 11.3 Å². The van der Waals surface area contributed by atoms with Crippen LogP contribution in [0.5, 0.6) is 0 Å². The minimum absolute atomic E-state index is 0.174. The van der Waals surface area contributed by atoms with Crippen molar-refractivity contribution in [3.8, 4) is 6.07 Å². The Bertz CT molecular complexity index is 713. The van der Waals surface area contributed by atoms with Gasteiger partial charge in [0.2, 0.25) is 0 Å². The number of benzene rings is 1. The molecule has 0 aliphatic heterocycles. The summed E-state index contributed by atoms with van der Waals surface area (Å²) in [6.07, 6.45) is 0.348. The smallest absolute Gasteiger partial charge is 0.446 e. The van der Waals surface area contributed by atoms with Gasteiger partial charge < -0.3 is 9.66 Å². The van der Waals surface area contributed by atoms with Gasteiger partial charge in [0.25, 0.3) is 0 Å². The lowest BCUT2D eigenvalue weighted by Crippen LogP contribution is -2.38. The minimum atomic E-state index is -4.62. The van der Waals surface area contributed by atoms with Gasteiger partial charge in [-0.3, -0.25) is 8.51 Å². The van der Waals surface area contributed by atoms with Gasteiger partial charge in [0.1, 0.15) is 5.54 Å². The molecule has 0 radical (unpaired) electrons. The van der Waals surface area contributed by atoms with Gasteiger partial charge in [-0.05, 0) is 42.8 Å². The molecule has 11 heteroatoms. The summed E-state index contributed by atoms with van der Waals surface area (Å²) in [7, 11) is 0. The van der Waals surface area contributed by atoms with Crippen LogP contribution in [-0.2, 0) is 11.3 Å². The van der Waals surface area contributed by atoms with Crippen molar-refractivity contribution in [2.24, 2.45) is 0 Å². The summed E-state index contributed by atoms with van der Waals surface area (Å²) in [5, 5.41) is 18.3. The average Bonchev–Trinajstić information content (AvgIpc) is 3.17. The van der Waals surface area contributed by atoms with E-state index in [1.54, 1.807) is 6.07 Å². The van der Waals surface area contributed by atoms with E-state index in [9.17, 15) is 26.7 Å². The first-order chi connectivity index (χ1) is 10.6. The van der Waals surface area contributed by atoms with Crippen LogP contribution >= 0.6 is 11.8 Å². The second kappa shape index (κ2) is 6.03. The van der Waals surface area contributed by atoms with Crippen LogP contribution in [0.25, 0.3) is 0 Å². The van der Waals surface area contributed by atoms with Gasteiger partial charge >= 0.3 is 11.5 Å². The highest BCUT2D eigenvalue weighted by Gasteiger charge is 2.51. The second-order valence-corrected chi connectivity index (χ2v) is 6.62. The molecule has 1 fully saturated rings. The molecule has 1 atom stereocenters. The van der Waals surface area contributed by atoms with Gasteiger partial charge in [0.15, 0.2) is 0 Å². The largest absolute Gasteiger partial charge is 0.755 e. The van der Waals surface area contributed by atoms with Crippen molar-refractivity contribution in [3.05, 3.63) is 23.8 Å². The number of hydrogen-bond acceptors (Lipinski definition) is 5. The molecule has 1 aromatic rings. The molecular formula is C12H8F3N2O4S2-. The molecule has 1 N–H and O–H groups in total. The fourth-order valence-corrected chi connectivity index (χ4v) is 3.38. The molecule has 124 valence electrons. The number of carboxylic acid groups (broad SMARTS) is 1. The third kappa shape index (κ3) is 3.77. The molecular weight excluding hydrogens is 357 g/mol. The van der Waals surface area contributed by atoms with Crippen LogP contribution in [-0.4, -0.2) is 30.9 Å². The Morgan fingerprint density at radius 2 is 2.09 bits per heavy atom. The van der Waals surface area contributed by atoms with Gasteiger partial charge in [0.05, 0.1) is 17.3 Å². The third-order valence-corrected chi connectivity index (χ3v) is 4.69. The molecule has 0 amide bonds. The topological polar surface area (TPSA) is 104 Å². The Hall–Kier alpha value is -1.77. The highest BCUT2D eigenvalue weighted by molar-refractivity contribution is 8.00. The lowest BCUT2D eigenvalue weighted by Gasteiger charge is -2.32. The van der Waals surface area contributed by atoms with Gasteiger partial charge in [-0.25, -0.2) is 4.79 Å². The van der Waals surface area contributed by atoms with Crippen molar-refractivity contribution in [1.82, 2.24) is 0 Å². The Kier molecular flexibility index (Phi) is 4.61.